The summed E-state index contributed by atoms with van der Waals surface area (Å²) in [5.41, 5.74) is 7.48. The zero-order chi connectivity index (χ0) is 15.2. The van der Waals surface area contributed by atoms with Crippen molar-refractivity contribution >= 4 is 16.5 Å². The first-order valence-corrected chi connectivity index (χ1v) is 9.23. The number of hydrogen-bond acceptors (Lipinski definition) is 5. The molecule has 1 atom stereocenters. The van der Waals surface area contributed by atoms with Crippen molar-refractivity contribution in [1.29, 1.82) is 0 Å². The minimum Gasteiger partial charge on any atom is -0.348 e. The van der Waals surface area contributed by atoms with E-state index in [-0.39, 0.29) is 6.04 Å². The second kappa shape index (κ2) is 8.11. The van der Waals surface area contributed by atoms with Gasteiger partial charge in [0.25, 0.3) is 0 Å². The highest BCUT2D eigenvalue weighted by Gasteiger charge is 2.23. The summed E-state index contributed by atoms with van der Waals surface area (Å²) in [6, 6.07) is 0.217. The van der Waals surface area contributed by atoms with Crippen molar-refractivity contribution in [2.24, 2.45) is 5.73 Å². The van der Waals surface area contributed by atoms with E-state index in [1.165, 1.54) is 35.1 Å². The van der Waals surface area contributed by atoms with Crippen LogP contribution in [0.25, 0.3) is 0 Å². The molecule has 21 heavy (non-hydrogen) atoms. The lowest BCUT2D eigenvalue weighted by molar-refractivity contribution is 0.300. The Morgan fingerprint density at radius 2 is 1.95 bits per heavy atom. The Balaban J connectivity index is 1.95. The van der Waals surface area contributed by atoms with Crippen molar-refractivity contribution in [2.45, 2.75) is 52.5 Å². The molecule has 0 saturated heterocycles. The van der Waals surface area contributed by atoms with Crippen molar-refractivity contribution < 1.29 is 0 Å². The van der Waals surface area contributed by atoms with Crippen molar-refractivity contribution in [3.05, 3.63) is 10.6 Å². The maximum atomic E-state index is 6.22. The molecule has 1 unspecified atom stereocenters. The van der Waals surface area contributed by atoms with Gasteiger partial charge >= 0.3 is 0 Å². The van der Waals surface area contributed by atoms with Gasteiger partial charge in [0.05, 0.1) is 5.69 Å². The van der Waals surface area contributed by atoms with Crippen LogP contribution >= 0.6 is 11.3 Å². The summed E-state index contributed by atoms with van der Waals surface area (Å²) in [7, 11) is 0. The molecule has 2 N–H and O–H groups in total. The van der Waals surface area contributed by atoms with Crippen LogP contribution in [0, 0.1) is 0 Å². The number of nitrogens with zero attached hydrogens (tertiary/aromatic N) is 3. The van der Waals surface area contributed by atoms with Crippen molar-refractivity contribution in [3.63, 3.8) is 0 Å². The Kier molecular flexibility index (Phi) is 6.45. The van der Waals surface area contributed by atoms with E-state index in [0.717, 1.165) is 39.0 Å². The third kappa shape index (κ3) is 4.18. The van der Waals surface area contributed by atoms with Crippen LogP contribution in [0.4, 0.5) is 5.13 Å². The van der Waals surface area contributed by atoms with Crippen LogP contribution < -0.4 is 10.6 Å². The molecule has 0 fully saturated rings. The van der Waals surface area contributed by atoms with E-state index in [1.807, 2.05) is 11.3 Å². The third-order valence-corrected chi connectivity index (χ3v) is 5.72. The minimum absolute atomic E-state index is 0.217. The number of aromatic nitrogens is 1. The van der Waals surface area contributed by atoms with E-state index in [1.54, 1.807) is 0 Å². The van der Waals surface area contributed by atoms with Gasteiger partial charge in [-0.15, -0.1) is 0 Å². The predicted octanol–water partition coefficient (Wildman–Crippen LogP) is 3.04. The van der Waals surface area contributed by atoms with Gasteiger partial charge in [-0.05, 0) is 52.2 Å². The Bertz CT molecular complexity index is 428. The fourth-order valence-corrected chi connectivity index (χ4v) is 4.23. The summed E-state index contributed by atoms with van der Waals surface area (Å²) in [4.78, 5) is 11.1. The largest absolute Gasteiger partial charge is 0.348 e. The van der Waals surface area contributed by atoms with Gasteiger partial charge in [-0.3, -0.25) is 0 Å². The van der Waals surface area contributed by atoms with Crippen LogP contribution in [-0.4, -0.2) is 42.6 Å². The molecule has 0 spiro atoms. The van der Waals surface area contributed by atoms with Crippen LogP contribution in [-0.2, 0) is 6.42 Å². The lowest BCUT2D eigenvalue weighted by Gasteiger charge is -2.23. The number of nitrogens with two attached hydrogens (primary N) is 1. The molecule has 1 aromatic rings. The van der Waals surface area contributed by atoms with Crippen LogP contribution in [0.15, 0.2) is 0 Å². The molecule has 120 valence electrons. The van der Waals surface area contributed by atoms with E-state index >= 15 is 0 Å². The summed E-state index contributed by atoms with van der Waals surface area (Å²) < 4.78 is 0. The van der Waals surface area contributed by atoms with E-state index in [2.05, 4.69) is 30.6 Å². The number of rotatable bonds is 8. The van der Waals surface area contributed by atoms with Gasteiger partial charge in [-0.2, -0.15) is 0 Å². The number of thiazole rings is 1. The van der Waals surface area contributed by atoms with E-state index in [9.17, 15) is 0 Å². The molecule has 0 aromatic carbocycles. The molecule has 0 saturated carbocycles. The maximum Gasteiger partial charge on any atom is 0.185 e. The summed E-state index contributed by atoms with van der Waals surface area (Å²) in [6.07, 6.45) is 4.61. The molecule has 1 aromatic heterocycles. The SMILES string of the molecule is CCN(CC)CCCN(CC)c1nc2c(s1)C(N)CCC2. The van der Waals surface area contributed by atoms with Crippen LogP contribution in [0.2, 0.25) is 0 Å². The second-order valence-corrected chi connectivity index (χ2v) is 6.78. The molecule has 4 nitrogen and oxygen atoms in total. The number of fused-ring (bicyclic) bond motifs is 1. The van der Waals surface area contributed by atoms with Crippen LogP contribution in [0.3, 0.4) is 0 Å². The molecular weight excluding hydrogens is 280 g/mol. The van der Waals surface area contributed by atoms with Gasteiger partial charge in [0.2, 0.25) is 0 Å². The van der Waals surface area contributed by atoms with E-state index in [4.69, 9.17) is 10.7 Å². The first-order chi connectivity index (χ1) is 10.2. The standard InChI is InChI=1S/C16H30N4S/c1-4-19(5-2)11-8-12-20(6-3)16-18-14-10-7-9-13(17)15(14)21-16/h13H,4-12,17H2,1-3H3. The molecule has 0 bridgehead atoms. The highest BCUT2D eigenvalue weighted by Crippen LogP contribution is 2.36. The van der Waals surface area contributed by atoms with E-state index in [0.29, 0.717) is 0 Å². The van der Waals surface area contributed by atoms with Crippen molar-refractivity contribution in [2.75, 3.05) is 37.6 Å². The highest BCUT2D eigenvalue weighted by atomic mass is 32.1. The Morgan fingerprint density at radius 3 is 2.57 bits per heavy atom. The Morgan fingerprint density at radius 1 is 1.19 bits per heavy atom. The van der Waals surface area contributed by atoms with Gasteiger partial charge in [0.1, 0.15) is 0 Å². The maximum absolute atomic E-state index is 6.22. The summed E-state index contributed by atoms with van der Waals surface area (Å²) in [5.74, 6) is 0. The minimum atomic E-state index is 0.217. The molecule has 0 radical (unpaired) electrons. The van der Waals surface area contributed by atoms with Gasteiger partial charge in [-0.25, -0.2) is 4.98 Å². The normalized spacial score (nSPS) is 18.0. The Labute approximate surface area is 133 Å². The molecule has 1 aliphatic rings. The topological polar surface area (TPSA) is 45.4 Å². The molecule has 2 rings (SSSR count). The molecule has 1 aliphatic carbocycles. The predicted molar refractivity (Wildman–Crippen MR) is 92.3 cm³/mol. The van der Waals surface area contributed by atoms with Crippen molar-refractivity contribution in [1.82, 2.24) is 9.88 Å². The molecule has 5 heteroatoms. The van der Waals surface area contributed by atoms with Gasteiger partial charge in [0, 0.05) is 24.0 Å². The van der Waals surface area contributed by atoms with Crippen molar-refractivity contribution in [3.8, 4) is 0 Å². The monoisotopic (exact) mass is 310 g/mol. The molecule has 0 aliphatic heterocycles. The highest BCUT2D eigenvalue weighted by molar-refractivity contribution is 7.15. The Hall–Kier alpha value is -0.650. The number of anilines is 1. The second-order valence-electron chi connectivity index (χ2n) is 5.77. The fourth-order valence-electron chi connectivity index (χ4n) is 2.99. The van der Waals surface area contributed by atoms with Gasteiger partial charge < -0.3 is 15.5 Å². The zero-order valence-electron chi connectivity index (χ0n) is 13.8. The van der Waals surface area contributed by atoms with Crippen LogP contribution in [0.1, 0.15) is 56.6 Å². The quantitative estimate of drug-likeness (QED) is 0.801. The summed E-state index contributed by atoms with van der Waals surface area (Å²) in [5, 5.41) is 1.18. The zero-order valence-corrected chi connectivity index (χ0v) is 14.6. The summed E-state index contributed by atoms with van der Waals surface area (Å²) in [6.45, 7) is 12.3. The van der Waals surface area contributed by atoms with E-state index < -0.39 is 0 Å². The average Bonchev–Trinajstić information content (AvgIpc) is 2.93. The lowest BCUT2D eigenvalue weighted by atomic mass is 9.99. The fraction of sp³-hybridized carbons (Fsp3) is 0.812. The molecular formula is C16H30N4S. The van der Waals surface area contributed by atoms with Crippen LogP contribution in [0.5, 0.6) is 0 Å². The first-order valence-electron chi connectivity index (χ1n) is 8.42. The lowest BCUT2D eigenvalue weighted by Crippen LogP contribution is -2.29. The third-order valence-electron chi connectivity index (χ3n) is 4.43. The first kappa shape index (κ1) is 16.7. The average molecular weight is 311 g/mol. The summed E-state index contributed by atoms with van der Waals surface area (Å²) >= 11 is 1.82. The number of hydrogen-bond donors (Lipinski definition) is 1. The smallest absolute Gasteiger partial charge is 0.185 e. The number of aryl methyl sites for hydroxylation is 1. The van der Waals surface area contributed by atoms with Gasteiger partial charge in [0.15, 0.2) is 5.13 Å². The van der Waals surface area contributed by atoms with Gasteiger partial charge in [-0.1, -0.05) is 25.2 Å². The molecule has 1 heterocycles. The molecule has 0 amide bonds.